The molecule has 3 N–H and O–H groups in total. The number of ether oxygens (including phenoxy) is 1. The summed E-state index contributed by atoms with van der Waals surface area (Å²) in [6.45, 7) is 1.37. The summed E-state index contributed by atoms with van der Waals surface area (Å²) in [4.78, 5) is 19.9. The predicted octanol–water partition coefficient (Wildman–Crippen LogP) is 3.87. The molecule has 3 aromatic rings. The van der Waals surface area contributed by atoms with Crippen molar-refractivity contribution in [2.75, 3.05) is 23.8 Å². The van der Waals surface area contributed by atoms with E-state index in [4.69, 9.17) is 16.3 Å². The van der Waals surface area contributed by atoms with Crippen LogP contribution >= 0.6 is 11.6 Å². The van der Waals surface area contributed by atoms with Crippen LogP contribution in [0.4, 0.5) is 21.8 Å². The lowest BCUT2D eigenvalue weighted by Crippen LogP contribution is -2.19. The summed E-state index contributed by atoms with van der Waals surface area (Å²) >= 11 is 6.04. The topological polar surface area (TPSA) is 114 Å². The molecule has 0 aliphatic carbocycles. The van der Waals surface area contributed by atoms with Gasteiger partial charge in [-0.3, -0.25) is 4.68 Å². The van der Waals surface area contributed by atoms with Crippen LogP contribution in [0.15, 0.2) is 36.8 Å². The molecule has 3 heterocycles. The maximum Gasteiger partial charge on any atom is 0.341 e. The number of carbonyl (C=O) groups is 1. The molecule has 4 rings (SSSR count). The van der Waals surface area contributed by atoms with Crippen LogP contribution in [0.2, 0.25) is 5.02 Å². The van der Waals surface area contributed by atoms with Crippen molar-refractivity contribution in [3.63, 3.8) is 0 Å². The van der Waals surface area contributed by atoms with E-state index in [1.807, 2.05) is 10.9 Å². The highest BCUT2D eigenvalue weighted by atomic mass is 35.5. The van der Waals surface area contributed by atoms with Crippen molar-refractivity contribution in [2.45, 2.75) is 25.4 Å². The fourth-order valence-electron chi connectivity index (χ4n) is 3.29. The van der Waals surface area contributed by atoms with Gasteiger partial charge in [-0.1, -0.05) is 17.7 Å². The van der Waals surface area contributed by atoms with E-state index in [0.717, 1.165) is 12.8 Å². The first-order valence-corrected chi connectivity index (χ1v) is 10.0. The van der Waals surface area contributed by atoms with Crippen LogP contribution in [0.1, 0.15) is 34.8 Å². The van der Waals surface area contributed by atoms with Gasteiger partial charge in [0.25, 0.3) is 0 Å². The van der Waals surface area contributed by atoms with Gasteiger partial charge < -0.3 is 20.5 Å². The van der Waals surface area contributed by atoms with Crippen molar-refractivity contribution in [3.05, 3.63) is 58.8 Å². The minimum atomic E-state index is -1.21. The first kappa shape index (κ1) is 21.0. The molecule has 1 aliphatic heterocycles. The summed E-state index contributed by atoms with van der Waals surface area (Å²) in [6, 6.07) is 4.60. The number of rotatable bonds is 7. The van der Waals surface area contributed by atoms with E-state index in [1.54, 1.807) is 12.3 Å². The normalized spacial score (nSPS) is 14.4. The third-order valence-corrected chi connectivity index (χ3v) is 5.29. The zero-order valence-corrected chi connectivity index (χ0v) is 17.1. The molecule has 1 fully saturated rings. The van der Waals surface area contributed by atoms with Crippen molar-refractivity contribution < 1.29 is 19.0 Å². The Morgan fingerprint density at radius 1 is 1.32 bits per heavy atom. The van der Waals surface area contributed by atoms with Gasteiger partial charge in [-0.25, -0.2) is 14.2 Å². The predicted molar refractivity (Wildman–Crippen MR) is 112 cm³/mol. The van der Waals surface area contributed by atoms with Crippen LogP contribution in [0.5, 0.6) is 0 Å². The summed E-state index contributed by atoms with van der Waals surface area (Å²) in [6.07, 6.45) is 6.45. The zero-order chi connectivity index (χ0) is 21.8. The number of carboxylic acids is 1. The van der Waals surface area contributed by atoms with Gasteiger partial charge in [0.1, 0.15) is 17.2 Å². The third-order valence-electron chi connectivity index (χ3n) is 4.94. The van der Waals surface area contributed by atoms with Crippen LogP contribution in [0.25, 0.3) is 0 Å². The van der Waals surface area contributed by atoms with Crippen molar-refractivity contribution >= 4 is 35.0 Å². The first-order chi connectivity index (χ1) is 15.0. The molecule has 0 radical (unpaired) electrons. The zero-order valence-electron chi connectivity index (χ0n) is 16.4. The smallest absolute Gasteiger partial charge is 0.341 e. The Balaban J connectivity index is 1.51. The molecule has 0 unspecified atom stereocenters. The van der Waals surface area contributed by atoms with Crippen LogP contribution in [-0.4, -0.2) is 44.0 Å². The Bertz CT molecular complexity index is 1070. The number of hydrogen-bond acceptors (Lipinski definition) is 7. The van der Waals surface area contributed by atoms with E-state index in [0.29, 0.717) is 18.9 Å². The maximum atomic E-state index is 14.0. The molecule has 31 heavy (non-hydrogen) atoms. The number of aromatic carboxylic acids is 1. The van der Waals surface area contributed by atoms with E-state index in [1.165, 1.54) is 18.3 Å². The number of halogens is 2. The van der Waals surface area contributed by atoms with E-state index >= 15 is 0 Å². The van der Waals surface area contributed by atoms with E-state index in [-0.39, 0.29) is 40.5 Å². The van der Waals surface area contributed by atoms with E-state index in [2.05, 4.69) is 25.7 Å². The average molecular weight is 447 g/mol. The molecule has 11 heteroatoms. The lowest BCUT2D eigenvalue weighted by Gasteiger charge is -2.22. The van der Waals surface area contributed by atoms with Gasteiger partial charge in [0, 0.05) is 42.7 Å². The molecule has 162 valence electrons. The quantitative estimate of drug-likeness (QED) is 0.501. The van der Waals surface area contributed by atoms with Crippen LogP contribution in [0.3, 0.4) is 0 Å². The number of aromatic nitrogens is 4. The summed E-state index contributed by atoms with van der Waals surface area (Å²) in [5.41, 5.74) is 0.736. The molecule has 0 atom stereocenters. The van der Waals surface area contributed by atoms with Gasteiger partial charge in [0.05, 0.1) is 17.9 Å². The van der Waals surface area contributed by atoms with Gasteiger partial charge >= 0.3 is 5.97 Å². The Morgan fingerprint density at radius 2 is 2.13 bits per heavy atom. The average Bonchev–Trinajstić information content (AvgIpc) is 3.22. The lowest BCUT2D eigenvalue weighted by atomic mass is 10.1. The third kappa shape index (κ3) is 4.92. The van der Waals surface area contributed by atoms with Gasteiger partial charge in [0.15, 0.2) is 0 Å². The molecule has 0 amide bonds. The number of anilines is 3. The molecule has 1 aliphatic rings. The number of carboxylic acid groups (broad SMARTS) is 1. The van der Waals surface area contributed by atoms with Gasteiger partial charge in [-0.2, -0.15) is 10.1 Å². The molecule has 1 aromatic carbocycles. The Morgan fingerprint density at radius 3 is 2.87 bits per heavy atom. The minimum Gasteiger partial charge on any atom is -0.477 e. The van der Waals surface area contributed by atoms with E-state index < -0.39 is 11.8 Å². The molecular weight excluding hydrogens is 427 g/mol. The second-order valence-corrected chi connectivity index (χ2v) is 7.40. The summed E-state index contributed by atoms with van der Waals surface area (Å²) in [5.74, 6) is -1.48. The molecule has 9 nitrogen and oxygen atoms in total. The van der Waals surface area contributed by atoms with Crippen molar-refractivity contribution in [1.29, 1.82) is 0 Å². The molecule has 0 saturated carbocycles. The van der Waals surface area contributed by atoms with Crippen molar-refractivity contribution in [1.82, 2.24) is 19.7 Å². The van der Waals surface area contributed by atoms with Gasteiger partial charge in [-0.05, 0) is 25.0 Å². The first-order valence-electron chi connectivity index (χ1n) is 9.67. The second-order valence-electron chi connectivity index (χ2n) is 6.99. The highest BCUT2D eigenvalue weighted by Gasteiger charge is 2.18. The summed E-state index contributed by atoms with van der Waals surface area (Å²) in [7, 11) is 0. The summed E-state index contributed by atoms with van der Waals surface area (Å²) < 4.78 is 21.3. The van der Waals surface area contributed by atoms with Gasteiger partial charge in [-0.15, -0.1) is 0 Å². The monoisotopic (exact) mass is 446 g/mol. The Hall–Kier alpha value is -3.24. The minimum absolute atomic E-state index is 0.0378. The largest absolute Gasteiger partial charge is 0.477 e. The van der Waals surface area contributed by atoms with Crippen LogP contribution < -0.4 is 10.6 Å². The highest BCUT2D eigenvalue weighted by Crippen LogP contribution is 2.24. The fourth-order valence-corrected chi connectivity index (χ4v) is 3.52. The SMILES string of the molecule is O=C(O)c1cnc(Nc2cnn(C3CCOCC3)c2)nc1NCc1c(F)cccc1Cl. The lowest BCUT2D eigenvalue weighted by molar-refractivity contribution is 0.0662. The van der Waals surface area contributed by atoms with Crippen LogP contribution in [-0.2, 0) is 11.3 Å². The Kier molecular flexibility index (Phi) is 6.28. The molecular formula is C20H20ClFN6O3. The molecule has 0 bridgehead atoms. The standard InChI is InChI=1S/C20H20ClFN6O3/c21-16-2-1-3-17(22)14(16)9-23-18-15(19(29)30)10-24-20(27-18)26-12-8-25-28(11-12)13-4-6-31-7-5-13/h1-3,8,10-11,13H,4-7,9H2,(H,29,30)(H2,23,24,26,27). The second kappa shape index (κ2) is 9.27. The summed E-state index contributed by atoms with van der Waals surface area (Å²) in [5, 5.41) is 19.9. The fraction of sp³-hybridized carbons (Fsp3) is 0.300. The van der Waals surface area contributed by atoms with Crippen molar-refractivity contribution in [2.24, 2.45) is 0 Å². The number of nitrogens with zero attached hydrogens (tertiary/aromatic N) is 4. The Labute approximate surface area is 182 Å². The maximum absolute atomic E-state index is 14.0. The molecule has 2 aromatic heterocycles. The van der Waals surface area contributed by atoms with Crippen LogP contribution in [0, 0.1) is 5.82 Å². The van der Waals surface area contributed by atoms with E-state index in [9.17, 15) is 14.3 Å². The number of hydrogen-bond donors (Lipinski definition) is 3. The molecule has 1 saturated heterocycles. The molecule has 0 spiro atoms. The van der Waals surface area contributed by atoms with Crippen molar-refractivity contribution in [3.8, 4) is 0 Å². The van der Waals surface area contributed by atoms with Gasteiger partial charge in [0.2, 0.25) is 5.95 Å². The number of nitrogens with one attached hydrogen (secondary N) is 2. The highest BCUT2D eigenvalue weighted by molar-refractivity contribution is 6.31. The number of benzene rings is 1.